The molecule has 0 aliphatic heterocycles. The number of para-hydroxylation sites is 1. The summed E-state index contributed by atoms with van der Waals surface area (Å²) in [5.74, 6) is -0.0381. The smallest absolute Gasteiger partial charge is 0.253 e. The van der Waals surface area contributed by atoms with E-state index >= 15 is 0 Å². The van der Waals surface area contributed by atoms with Crippen LogP contribution in [0.3, 0.4) is 0 Å². The van der Waals surface area contributed by atoms with E-state index in [4.69, 9.17) is 5.73 Å². The quantitative estimate of drug-likeness (QED) is 0.802. The molecule has 0 radical (unpaired) electrons. The van der Waals surface area contributed by atoms with Gasteiger partial charge in [0.15, 0.2) is 0 Å². The number of nitrogens with two attached hydrogens (primary N) is 1. The lowest BCUT2D eigenvalue weighted by Gasteiger charge is -2.35. The number of amides is 1. The molecule has 0 aromatic heterocycles. The van der Waals surface area contributed by atoms with Crippen LogP contribution in [-0.4, -0.2) is 11.9 Å². The van der Waals surface area contributed by atoms with E-state index in [2.05, 4.69) is 19.2 Å². The molecular weight excluding hydrogens is 236 g/mol. The van der Waals surface area contributed by atoms with Crippen molar-refractivity contribution in [3.63, 3.8) is 0 Å². The predicted octanol–water partition coefficient (Wildman–Crippen LogP) is 3.28. The van der Waals surface area contributed by atoms with Gasteiger partial charge in [0.1, 0.15) is 0 Å². The van der Waals surface area contributed by atoms with E-state index in [1.807, 2.05) is 19.1 Å². The minimum Gasteiger partial charge on any atom is -0.398 e. The van der Waals surface area contributed by atoms with Crippen LogP contribution >= 0.6 is 0 Å². The first-order valence-corrected chi connectivity index (χ1v) is 7.05. The summed E-state index contributed by atoms with van der Waals surface area (Å²) in [5.41, 5.74) is 8.46. The molecule has 3 nitrogen and oxygen atoms in total. The van der Waals surface area contributed by atoms with Gasteiger partial charge >= 0.3 is 0 Å². The fraction of sp³-hybridized carbons (Fsp3) is 0.562. The molecule has 3 N–H and O–H groups in total. The zero-order chi connectivity index (χ0) is 14.0. The molecule has 1 aromatic rings. The minimum atomic E-state index is -0.0381. The van der Waals surface area contributed by atoms with E-state index in [-0.39, 0.29) is 11.9 Å². The van der Waals surface area contributed by atoms with Gasteiger partial charge in [-0.2, -0.15) is 0 Å². The highest BCUT2D eigenvalue weighted by molar-refractivity contribution is 5.99. The van der Waals surface area contributed by atoms with Crippen LogP contribution in [0.15, 0.2) is 18.2 Å². The van der Waals surface area contributed by atoms with E-state index in [0.29, 0.717) is 16.7 Å². The summed E-state index contributed by atoms with van der Waals surface area (Å²) in [7, 11) is 0. The summed E-state index contributed by atoms with van der Waals surface area (Å²) in [6.45, 7) is 6.47. The van der Waals surface area contributed by atoms with Gasteiger partial charge in [-0.05, 0) is 43.2 Å². The van der Waals surface area contributed by atoms with Gasteiger partial charge in [0.25, 0.3) is 5.91 Å². The number of anilines is 1. The number of nitrogen functional groups attached to an aromatic ring is 1. The van der Waals surface area contributed by atoms with Gasteiger partial charge in [0.05, 0.1) is 5.56 Å². The van der Waals surface area contributed by atoms with E-state index in [1.54, 1.807) is 6.07 Å². The molecule has 1 unspecified atom stereocenters. The van der Waals surface area contributed by atoms with Crippen molar-refractivity contribution in [2.24, 2.45) is 5.41 Å². The average Bonchev–Trinajstić information content (AvgIpc) is 2.31. The Balaban J connectivity index is 2.07. The van der Waals surface area contributed by atoms with Gasteiger partial charge in [-0.1, -0.05) is 32.4 Å². The molecule has 104 valence electrons. The van der Waals surface area contributed by atoms with Crippen LogP contribution < -0.4 is 11.1 Å². The number of hydrogen-bond donors (Lipinski definition) is 2. The fourth-order valence-corrected chi connectivity index (χ4v) is 2.96. The summed E-state index contributed by atoms with van der Waals surface area (Å²) in [5, 5.41) is 3.14. The van der Waals surface area contributed by atoms with Crippen molar-refractivity contribution < 1.29 is 4.79 Å². The molecule has 1 aromatic carbocycles. The van der Waals surface area contributed by atoms with Crippen molar-refractivity contribution in [1.29, 1.82) is 0 Å². The number of carbonyl (C=O) groups excluding carboxylic acids is 1. The fourth-order valence-electron chi connectivity index (χ4n) is 2.96. The Hall–Kier alpha value is -1.51. The highest BCUT2D eigenvalue weighted by atomic mass is 16.1. The molecule has 19 heavy (non-hydrogen) atoms. The standard InChI is InChI=1S/C16H24N2O/c1-11-6-4-8-13(14(11)17)15(19)18-12-7-5-9-16(2,3)10-12/h4,6,8,12H,5,7,9-10,17H2,1-3H3,(H,18,19). The summed E-state index contributed by atoms with van der Waals surface area (Å²) >= 11 is 0. The molecule has 1 aliphatic rings. The van der Waals surface area contributed by atoms with Crippen LogP contribution in [0.4, 0.5) is 5.69 Å². The van der Waals surface area contributed by atoms with Crippen molar-refractivity contribution in [2.45, 2.75) is 52.5 Å². The van der Waals surface area contributed by atoms with Crippen molar-refractivity contribution >= 4 is 11.6 Å². The molecule has 1 aliphatic carbocycles. The number of rotatable bonds is 2. The molecule has 1 fully saturated rings. The Morgan fingerprint density at radius 2 is 2.16 bits per heavy atom. The molecule has 2 rings (SSSR count). The third-order valence-corrected chi connectivity index (χ3v) is 4.11. The maximum absolute atomic E-state index is 12.3. The SMILES string of the molecule is Cc1cccc(C(=O)NC2CCCC(C)(C)C2)c1N. The molecule has 0 heterocycles. The zero-order valence-corrected chi connectivity index (χ0v) is 12.1. The number of nitrogens with one attached hydrogen (secondary N) is 1. The van der Waals surface area contributed by atoms with Gasteiger partial charge < -0.3 is 11.1 Å². The molecule has 1 saturated carbocycles. The molecule has 3 heteroatoms. The maximum atomic E-state index is 12.3. The molecule has 0 saturated heterocycles. The molecular formula is C16H24N2O. The van der Waals surface area contributed by atoms with Crippen molar-refractivity contribution in [1.82, 2.24) is 5.32 Å². The Bertz CT molecular complexity index is 480. The predicted molar refractivity (Wildman–Crippen MR) is 79.1 cm³/mol. The monoisotopic (exact) mass is 260 g/mol. The first-order valence-electron chi connectivity index (χ1n) is 7.05. The maximum Gasteiger partial charge on any atom is 0.253 e. The first kappa shape index (κ1) is 13.9. The van der Waals surface area contributed by atoms with Gasteiger partial charge in [-0.3, -0.25) is 4.79 Å². The van der Waals surface area contributed by atoms with Gasteiger partial charge in [0, 0.05) is 11.7 Å². The third-order valence-electron chi connectivity index (χ3n) is 4.11. The van der Waals surface area contributed by atoms with Crippen LogP contribution in [0.25, 0.3) is 0 Å². The Labute approximate surface area is 115 Å². The van der Waals surface area contributed by atoms with Gasteiger partial charge in [-0.15, -0.1) is 0 Å². The average molecular weight is 260 g/mol. The highest BCUT2D eigenvalue weighted by Crippen LogP contribution is 2.35. The van der Waals surface area contributed by atoms with E-state index in [0.717, 1.165) is 18.4 Å². The summed E-state index contributed by atoms with van der Waals surface area (Å²) in [4.78, 5) is 12.3. The lowest BCUT2D eigenvalue weighted by atomic mass is 9.75. The van der Waals surface area contributed by atoms with Crippen LogP contribution in [0.5, 0.6) is 0 Å². The second kappa shape index (κ2) is 5.24. The van der Waals surface area contributed by atoms with Gasteiger partial charge in [0.2, 0.25) is 0 Å². The number of hydrogen-bond acceptors (Lipinski definition) is 2. The zero-order valence-electron chi connectivity index (χ0n) is 12.1. The lowest BCUT2D eigenvalue weighted by molar-refractivity contribution is 0.0903. The van der Waals surface area contributed by atoms with Crippen LogP contribution in [0.2, 0.25) is 0 Å². The number of benzene rings is 1. The van der Waals surface area contributed by atoms with E-state index in [9.17, 15) is 4.79 Å². The van der Waals surface area contributed by atoms with E-state index < -0.39 is 0 Å². The van der Waals surface area contributed by atoms with Crippen LogP contribution in [-0.2, 0) is 0 Å². The van der Waals surface area contributed by atoms with Crippen LogP contribution in [0, 0.1) is 12.3 Å². The topological polar surface area (TPSA) is 55.1 Å². The summed E-state index contributed by atoms with van der Waals surface area (Å²) in [6, 6.07) is 5.88. The first-order chi connectivity index (χ1) is 8.89. The summed E-state index contributed by atoms with van der Waals surface area (Å²) < 4.78 is 0. The highest BCUT2D eigenvalue weighted by Gasteiger charge is 2.29. The second-order valence-corrected chi connectivity index (χ2v) is 6.47. The Morgan fingerprint density at radius 1 is 1.42 bits per heavy atom. The Kier molecular flexibility index (Phi) is 3.83. The number of carbonyl (C=O) groups is 1. The van der Waals surface area contributed by atoms with Crippen molar-refractivity contribution in [2.75, 3.05) is 5.73 Å². The summed E-state index contributed by atoms with van der Waals surface area (Å²) in [6.07, 6.45) is 4.54. The number of aryl methyl sites for hydroxylation is 1. The molecule has 1 amide bonds. The van der Waals surface area contributed by atoms with E-state index in [1.165, 1.54) is 12.8 Å². The Morgan fingerprint density at radius 3 is 2.84 bits per heavy atom. The van der Waals surface area contributed by atoms with Gasteiger partial charge in [-0.25, -0.2) is 0 Å². The normalized spacial score (nSPS) is 21.9. The third kappa shape index (κ3) is 3.28. The molecule has 0 bridgehead atoms. The lowest BCUT2D eigenvalue weighted by Crippen LogP contribution is -2.40. The minimum absolute atomic E-state index is 0.0381. The molecule has 0 spiro atoms. The molecule has 1 atom stereocenters. The van der Waals surface area contributed by atoms with Crippen LogP contribution in [0.1, 0.15) is 55.5 Å². The van der Waals surface area contributed by atoms with Crippen molar-refractivity contribution in [3.8, 4) is 0 Å². The largest absolute Gasteiger partial charge is 0.398 e. The second-order valence-electron chi connectivity index (χ2n) is 6.47. The van der Waals surface area contributed by atoms with Crippen molar-refractivity contribution in [3.05, 3.63) is 29.3 Å².